The minimum atomic E-state index is 2.37. The van der Waals surface area contributed by atoms with Gasteiger partial charge in [0.1, 0.15) is 0 Å². The van der Waals surface area contributed by atoms with E-state index < -0.39 is 0 Å². The van der Waals surface area contributed by atoms with Gasteiger partial charge in [0.15, 0.2) is 0 Å². The van der Waals surface area contributed by atoms with Crippen molar-refractivity contribution in [2.45, 2.75) is 0 Å². The van der Waals surface area contributed by atoms with Crippen LogP contribution in [0.25, 0.3) is 0 Å². The van der Waals surface area contributed by atoms with Crippen molar-refractivity contribution in [2.75, 3.05) is 0 Å². The van der Waals surface area contributed by atoms with Gasteiger partial charge < -0.3 is 0 Å². The first-order valence-electron chi connectivity index (χ1n) is 18.0. The highest BCUT2D eigenvalue weighted by molar-refractivity contribution is 4.99. The molecule has 0 radical (unpaired) electrons. The molecular formula is C72H4. The van der Waals surface area contributed by atoms with E-state index >= 15 is 0 Å². The van der Waals surface area contributed by atoms with Crippen molar-refractivity contribution in [2.24, 2.45) is 0 Å². The maximum atomic E-state index is 3.32. The summed E-state index contributed by atoms with van der Waals surface area (Å²) in [5, 5.41) is 0. The highest BCUT2D eigenvalue weighted by atomic mass is 13.5. The summed E-state index contributed by atoms with van der Waals surface area (Å²) >= 11 is 0. The SMILES string of the molecule is C=C=C=C=C=C=C=C=C=C=C=C=C=C=C=C=C=C=C=C=C=C=C=C=C=C=C=C=C=C=C=C=C=C=C=C=C=C=C=C=C=C=C=C=C=C=C=C=C=C=C=C=C=C=C=C=C=C=C=C=C=C=C=C=C=C=C=C=C=C=C=C. The molecule has 0 aromatic carbocycles. The van der Waals surface area contributed by atoms with Crippen molar-refractivity contribution in [3.63, 3.8) is 0 Å². The average molecular weight is 869 g/mol. The van der Waals surface area contributed by atoms with Crippen LogP contribution in [0.1, 0.15) is 0 Å². The van der Waals surface area contributed by atoms with E-state index in [1.807, 2.05) is 0 Å². The highest BCUT2D eigenvalue weighted by Gasteiger charge is 1.48. The maximum absolute atomic E-state index is 3.32. The molecule has 0 aliphatic heterocycles. The predicted octanol–water partition coefficient (Wildman–Crippen LogP) is 11.7. The lowest BCUT2D eigenvalue weighted by molar-refractivity contribution is 2.10. The Morgan fingerprint density at radius 3 is 0.153 bits per heavy atom. The van der Waals surface area contributed by atoms with Crippen LogP contribution < -0.4 is 0 Å². The number of hydrogen-bond acceptors (Lipinski definition) is 0. The van der Waals surface area contributed by atoms with Gasteiger partial charge in [0.25, 0.3) is 0 Å². The third-order valence-electron chi connectivity index (χ3n) is 4.36. The molecule has 0 amide bonds. The van der Waals surface area contributed by atoms with E-state index in [0.717, 1.165) is 0 Å². The Bertz CT molecular complexity index is 5030. The first-order chi connectivity index (χ1) is 35.9. The molecule has 0 bridgehead atoms. The van der Waals surface area contributed by atoms with Crippen molar-refractivity contribution < 1.29 is 0 Å². The van der Waals surface area contributed by atoms with Gasteiger partial charge in [-0.15, -0.1) is 0 Å². The molecule has 0 saturated carbocycles. The summed E-state index contributed by atoms with van der Waals surface area (Å²) in [5.74, 6) is 0. The Morgan fingerprint density at radius 1 is 0.0694 bits per heavy atom. The second-order valence-electron chi connectivity index (χ2n) is 8.85. The van der Waals surface area contributed by atoms with Gasteiger partial charge in [-0.25, -0.2) is 0 Å². The lowest BCUT2D eigenvalue weighted by Gasteiger charge is -1.41. The lowest BCUT2D eigenvalue weighted by Crippen LogP contribution is -1.26. The van der Waals surface area contributed by atoms with Gasteiger partial charge in [-0.1, -0.05) is 11.5 Å². The van der Waals surface area contributed by atoms with Crippen LogP contribution in [0.5, 0.6) is 0 Å². The first-order valence-corrected chi connectivity index (χ1v) is 18.0. The number of hydrogen-bond donors (Lipinski definition) is 0. The van der Waals surface area contributed by atoms with Crippen molar-refractivity contribution in [1.29, 1.82) is 0 Å². The van der Waals surface area contributed by atoms with E-state index in [9.17, 15) is 0 Å². The fourth-order valence-corrected chi connectivity index (χ4v) is 2.15. The zero-order chi connectivity index (χ0) is 51.5. The number of rotatable bonds is 0. The van der Waals surface area contributed by atoms with Crippen molar-refractivity contribution in [3.05, 3.63) is 414 Å². The van der Waals surface area contributed by atoms with Gasteiger partial charge in [0.2, 0.25) is 0 Å². The van der Waals surface area contributed by atoms with Crippen molar-refractivity contribution >= 4 is 0 Å². The molecular weight excluding hydrogens is 865 g/mol. The largest absolute Gasteiger partial charge is 0.0687 e. The van der Waals surface area contributed by atoms with Gasteiger partial charge in [-0.3, -0.25) is 0 Å². The monoisotopic (exact) mass is 868 g/mol. The second kappa shape index (κ2) is 55.3. The molecule has 0 aliphatic carbocycles. The average Bonchev–Trinajstić information content (AvgIpc) is 3.39. The Hall–Kier alpha value is -15.7. The molecule has 0 N–H and O–H groups in total. The summed E-state index contributed by atoms with van der Waals surface area (Å²) in [5.41, 5.74) is 174. The normalized spacial score (nSPS) is 3.94. The maximum Gasteiger partial charge on any atom is 0 e. The molecule has 0 aromatic rings. The molecule has 0 spiro atoms. The third-order valence-corrected chi connectivity index (χ3v) is 4.36. The summed E-state index contributed by atoms with van der Waals surface area (Å²) in [6, 6.07) is 0. The molecule has 0 atom stereocenters. The lowest BCUT2D eigenvalue weighted by atomic mass is 10.6. The van der Waals surface area contributed by atoms with Crippen LogP contribution in [0.2, 0.25) is 0 Å². The Kier molecular flexibility index (Phi) is 43.3. The van der Waals surface area contributed by atoms with Gasteiger partial charge in [-0.2, -0.15) is 0 Å². The fourth-order valence-electron chi connectivity index (χ4n) is 2.15. The van der Waals surface area contributed by atoms with Gasteiger partial charge >= 0.3 is 0 Å². The van der Waals surface area contributed by atoms with Crippen molar-refractivity contribution in [1.82, 2.24) is 0 Å². The highest BCUT2D eigenvalue weighted by Crippen LogP contribution is 1.63. The van der Waals surface area contributed by atoms with Gasteiger partial charge in [0, 0.05) is 298 Å². The Labute approximate surface area is 412 Å². The molecule has 0 saturated heterocycles. The van der Waals surface area contributed by atoms with E-state index in [0.29, 0.717) is 0 Å². The summed E-state index contributed by atoms with van der Waals surface area (Å²) in [6.45, 7) is 6.63. The summed E-state index contributed by atoms with van der Waals surface area (Å²) in [4.78, 5) is 0. The predicted molar refractivity (Wildman–Crippen MR) is 257 cm³/mol. The molecule has 0 heteroatoms. The quantitative estimate of drug-likeness (QED) is 0.213. The van der Waals surface area contributed by atoms with Crippen LogP contribution >= 0.6 is 0 Å². The zero-order valence-corrected chi connectivity index (χ0v) is 36.4. The summed E-state index contributed by atoms with van der Waals surface area (Å²) in [6.07, 6.45) is 0. The minimum absolute atomic E-state index is 2.37. The second-order valence-corrected chi connectivity index (χ2v) is 8.85. The van der Waals surface area contributed by atoms with Crippen molar-refractivity contribution in [3.8, 4) is 0 Å². The molecule has 0 aliphatic rings. The fraction of sp³-hybridized carbons (Fsp3) is 0. The third kappa shape index (κ3) is 54.3. The van der Waals surface area contributed by atoms with Gasteiger partial charge in [-0.05, 0) is 105 Å². The van der Waals surface area contributed by atoms with Crippen LogP contribution in [0.4, 0.5) is 0 Å². The summed E-state index contributed by atoms with van der Waals surface area (Å²) < 4.78 is 0. The molecule has 0 unspecified atom stereocenters. The van der Waals surface area contributed by atoms with E-state index in [1.165, 1.54) is 0 Å². The topological polar surface area (TPSA) is 0 Å². The van der Waals surface area contributed by atoms with Crippen LogP contribution in [0.15, 0.2) is 414 Å². The van der Waals surface area contributed by atoms with Crippen LogP contribution in [0.3, 0.4) is 0 Å². The van der Waals surface area contributed by atoms with E-state index in [1.54, 1.807) is 0 Å². The van der Waals surface area contributed by atoms with Crippen LogP contribution in [-0.4, -0.2) is 0 Å². The van der Waals surface area contributed by atoms with E-state index in [-0.39, 0.29) is 0 Å². The van der Waals surface area contributed by atoms with Gasteiger partial charge in [0.05, 0.1) is 0 Å². The van der Waals surface area contributed by atoms with Crippen LogP contribution in [-0.2, 0) is 0 Å². The smallest absolute Gasteiger partial charge is 0 e. The Balaban J connectivity index is 6.14. The molecule has 292 valence electrons. The first kappa shape index (κ1) is 56.3. The molecule has 0 rings (SSSR count). The molecule has 0 aromatic heterocycles. The molecule has 0 heterocycles. The molecule has 72 heavy (non-hydrogen) atoms. The van der Waals surface area contributed by atoms with E-state index in [2.05, 4.69) is 414 Å². The zero-order valence-electron chi connectivity index (χ0n) is 36.4. The standard InChI is InChI=1S/C72H4/c1-3-5-7-9-11-13-15-17-19-21-23-25-27-29-31-33-35-37-39-41-43-45-47-49-51-53-55-57-59-61-63-65-67-69-71-72-70-68-66-64-62-60-58-56-54-52-50-48-46-44-42-40-38-36-34-32-30-28-26-24-22-20-18-16-14-12-10-8-6-4-2/h1-2H2. The Morgan fingerprint density at radius 2 is 0.111 bits per heavy atom. The van der Waals surface area contributed by atoms with E-state index in [4.69, 9.17) is 0 Å². The molecule has 0 fully saturated rings. The minimum Gasteiger partial charge on any atom is -0.0687 e. The summed E-state index contributed by atoms with van der Waals surface area (Å²) in [7, 11) is 0. The molecule has 0 nitrogen and oxygen atoms in total. The van der Waals surface area contributed by atoms with Crippen LogP contribution in [0, 0.1) is 0 Å².